The third-order valence-electron chi connectivity index (χ3n) is 3.58. The standard InChI is InChI=1S/C19H20O6/c1-22-13-6-7-14(16(21)11-13)15(20)8-5-12-9-17(23-2)19(25-4)18(10-12)24-3/h5-11,21H,1-4H3. The van der Waals surface area contributed by atoms with Crippen molar-refractivity contribution in [3.8, 4) is 28.7 Å². The summed E-state index contributed by atoms with van der Waals surface area (Å²) in [5, 5.41) is 9.93. The molecule has 6 heteroatoms. The minimum Gasteiger partial charge on any atom is -0.507 e. The van der Waals surface area contributed by atoms with Gasteiger partial charge in [0.1, 0.15) is 11.5 Å². The number of phenolic OH excluding ortho intramolecular Hbond substituents is 1. The van der Waals surface area contributed by atoms with Gasteiger partial charge in [0.2, 0.25) is 5.75 Å². The molecule has 0 atom stereocenters. The first-order valence-corrected chi connectivity index (χ1v) is 7.43. The number of benzene rings is 2. The van der Waals surface area contributed by atoms with Gasteiger partial charge in [0.05, 0.1) is 34.0 Å². The van der Waals surface area contributed by atoms with Crippen LogP contribution in [0.2, 0.25) is 0 Å². The highest BCUT2D eigenvalue weighted by atomic mass is 16.5. The SMILES string of the molecule is COc1ccc(C(=O)C=Cc2cc(OC)c(OC)c(OC)c2)c(O)c1. The lowest BCUT2D eigenvalue weighted by molar-refractivity contribution is 0.104. The molecule has 25 heavy (non-hydrogen) atoms. The molecule has 0 saturated heterocycles. The number of aromatic hydroxyl groups is 1. The van der Waals surface area contributed by atoms with E-state index in [1.807, 2.05) is 0 Å². The molecule has 6 nitrogen and oxygen atoms in total. The number of phenols is 1. The normalized spacial score (nSPS) is 10.6. The van der Waals surface area contributed by atoms with Crippen molar-refractivity contribution in [2.24, 2.45) is 0 Å². The van der Waals surface area contributed by atoms with Crippen molar-refractivity contribution in [2.75, 3.05) is 28.4 Å². The first-order valence-electron chi connectivity index (χ1n) is 7.43. The summed E-state index contributed by atoms with van der Waals surface area (Å²) >= 11 is 0. The summed E-state index contributed by atoms with van der Waals surface area (Å²) in [4.78, 5) is 12.3. The van der Waals surface area contributed by atoms with Gasteiger partial charge in [0.15, 0.2) is 17.3 Å². The topological polar surface area (TPSA) is 74.2 Å². The molecule has 0 aliphatic carbocycles. The van der Waals surface area contributed by atoms with E-state index in [0.29, 0.717) is 28.6 Å². The zero-order valence-electron chi connectivity index (χ0n) is 14.5. The van der Waals surface area contributed by atoms with Crippen molar-refractivity contribution in [3.63, 3.8) is 0 Å². The van der Waals surface area contributed by atoms with Crippen molar-refractivity contribution < 1.29 is 28.8 Å². The molecule has 0 heterocycles. The van der Waals surface area contributed by atoms with Crippen LogP contribution in [-0.2, 0) is 0 Å². The number of ketones is 1. The number of hydrogen-bond acceptors (Lipinski definition) is 6. The Labute approximate surface area is 146 Å². The Morgan fingerprint density at radius 3 is 2.04 bits per heavy atom. The summed E-state index contributed by atoms with van der Waals surface area (Å²) in [5.41, 5.74) is 0.875. The Kier molecular flexibility index (Phi) is 5.89. The van der Waals surface area contributed by atoms with Crippen LogP contribution in [-0.4, -0.2) is 39.3 Å². The second-order valence-electron chi connectivity index (χ2n) is 5.04. The van der Waals surface area contributed by atoms with Crippen LogP contribution < -0.4 is 18.9 Å². The largest absolute Gasteiger partial charge is 0.507 e. The summed E-state index contributed by atoms with van der Waals surface area (Å²) in [7, 11) is 6.04. The number of ether oxygens (including phenoxy) is 4. The van der Waals surface area contributed by atoms with Crippen LogP contribution in [0.4, 0.5) is 0 Å². The van der Waals surface area contributed by atoms with Crippen LogP contribution >= 0.6 is 0 Å². The molecule has 2 aromatic carbocycles. The highest BCUT2D eigenvalue weighted by molar-refractivity contribution is 6.08. The van der Waals surface area contributed by atoms with Crippen LogP contribution in [0, 0.1) is 0 Å². The van der Waals surface area contributed by atoms with Gasteiger partial charge in [-0.1, -0.05) is 6.08 Å². The Hall–Kier alpha value is -3.15. The van der Waals surface area contributed by atoms with Crippen molar-refractivity contribution in [1.82, 2.24) is 0 Å². The molecule has 2 rings (SSSR count). The van der Waals surface area contributed by atoms with E-state index in [1.54, 1.807) is 24.3 Å². The van der Waals surface area contributed by atoms with Gasteiger partial charge in [-0.05, 0) is 35.9 Å². The monoisotopic (exact) mass is 344 g/mol. The lowest BCUT2D eigenvalue weighted by Crippen LogP contribution is -1.97. The lowest BCUT2D eigenvalue weighted by atomic mass is 10.1. The van der Waals surface area contributed by atoms with Crippen LogP contribution in [0.5, 0.6) is 28.7 Å². The first kappa shape index (κ1) is 18.2. The van der Waals surface area contributed by atoms with Gasteiger partial charge in [-0.2, -0.15) is 0 Å². The molecule has 132 valence electrons. The molecule has 0 aliphatic heterocycles. The number of hydrogen-bond donors (Lipinski definition) is 1. The number of allylic oxidation sites excluding steroid dienone is 1. The van der Waals surface area contributed by atoms with E-state index in [-0.39, 0.29) is 17.1 Å². The molecule has 1 N–H and O–H groups in total. The van der Waals surface area contributed by atoms with Gasteiger partial charge in [-0.15, -0.1) is 0 Å². The smallest absolute Gasteiger partial charge is 0.203 e. The molecular formula is C19H20O6. The van der Waals surface area contributed by atoms with Gasteiger partial charge in [0.25, 0.3) is 0 Å². The maximum atomic E-state index is 12.3. The van der Waals surface area contributed by atoms with E-state index in [2.05, 4.69) is 0 Å². The van der Waals surface area contributed by atoms with E-state index in [9.17, 15) is 9.90 Å². The molecule has 2 aromatic rings. The van der Waals surface area contributed by atoms with Crippen LogP contribution in [0.3, 0.4) is 0 Å². The third kappa shape index (κ3) is 4.03. The molecule has 0 fully saturated rings. The molecule has 0 amide bonds. The fourth-order valence-electron chi connectivity index (χ4n) is 2.31. The molecule has 0 unspecified atom stereocenters. The minimum absolute atomic E-state index is 0.140. The van der Waals surface area contributed by atoms with Gasteiger partial charge in [-0.25, -0.2) is 0 Å². The van der Waals surface area contributed by atoms with Gasteiger partial charge < -0.3 is 24.1 Å². The quantitative estimate of drug-likeness (QED) is 0.613. The Morgan fingerprint density at radius 2 is 1.56 bits per heavy atom. The van der Waals surface area contributed by atoms with Gasteiger partial charge in [-0.3, -0.25) is 4.79 Å². The van der Waals surface area contributed by atoms with Gasteiger partial charge in [0, 0.05) is 6.07 Å². The molecular weight excluding hydrogens is 324 g/mol. The maximum absolute atomic E-state index is 12.3. The Balaban J connectivity index is 2.31. The number of methoxy groups -OCH3 is 4. The Bertz CT molecular complexity index is 769. The molecule has 0 spiro atoms. The fourth-order valence-corrected chi connectivity index (χ4v) is 2.31. The van der Waals surface area contributed by atoms with Crippen molar-refractivity contribution in [3.05, 3.63) is 47.5 Å². The van der Waals surface area contributed by atoms with Crippen molar-refractivity contribution >= 4 is 11.9 Å². The number of carbonyl (C=O) groups excluding carboxylic acids is 1. The average molecular weight is 344 g/mol. The minimum atomic E-state index is -0.339. The first-order chi connectivity index (χ1) is 12.0. The van der Waals surface area contributed by atoms with E-state index >= 15 is 0 Å². The van der Waals surface area contributed by atoms with E-state index < -0.39 is 0 Å². The number of carbonyl (C=O) groups is 1. The second-order valence-corrected chi connectivity index (χ2v) is 5.04. The fraction of sp³-hybridized carbons (Fsp3) is 0.211. The van der Waals surface area contributed by atoms with Crippen LogP contribution in [0.15, 0.2) is 36.4 Å². The maximum Gasteiger partial charge on any atom is 0.203 e. The average Bonchev–Trinajstić information content (AvgIpc) is 2.64. The Morgan fingerprint density at radius 1 is 0.920 bits per heavy atom. The third-order valence-corrected chi connectivity index (χ3v) is 3.58. The molecule has 0 aromatic heterocycles. The predicted molar refractivity (Wildman–Crippen MR) is 94.1 cm³/mol. The number of rotatable bonds is 7. The van der Waals surface area contributed by atoms with E-state index in [1.165, 1.54) is 46.6 Å². The summed E-state index contributed by atoms with van der Waals surface area (Å²) in [5.74, 6) is 1.44. The zero-order chi connectivity index (χ0) is 18.4. The molecule has 0 aliphatic rings. The van der Waals surface area contributed by atoms with Crippen LogP contribution in [0.25, 0.3) is 6.08 Å². The van der Waals surface area contributed by atoms with Gasteiger partial charge >= 0.3 is 0 Å². The zero-order valence-corrected chi connectivity index (χ0v) is 14.5. The molecule has 0 bridgehead atoms. The molecule has 0 saturated carbocycles. The summed E-state index contributed by atoms with van der Waals surface area (Å²) in [6.07, 6.45) is 2.97. The summed E-state index contributed by atoms with van der Waals surface area (Å²) < 4.78 is 20.8. The highest BCUT2D eigenvalue weighted by Crippen LogP contribution is 2.38. The predicted octanol–water partition coefficient (Wildman–Crippen LogP) is 3.32. The highest BCUT2D eigenvalue weighted by Gasteiger charge is 2.13. The summed E-state index contributed by atoms with van der Waals surface area (Å²) in [6.45, 7) is 0. The van der Waals surface area contributed by atoms with E-state index in [0.717, 1.165) is 0 Å². The van der Waals surface area contributed by atoms with Crippen molar-refractivity contribution in [1.29, 1.82) is 0 Å². The van der Waals surface area contributed by atoms with E-state index in [4.69, 9.17) is 18.9 Å². The lowest BCUT2D eigenvalue weighted by Gasteiger charge is -2.12. The van der Waals surface area contributed by atoms with Crippen molar-refractivity contribution in [2.45, 2.75) is 0 Å². The van der Waals surface area contributed by atoms with Crippen LogP contribution in [0.1, 0.15) is 15.9 Å². The molecule has 0 radical (unpaired) electrons. The summed E-state index contributed by atoms with van der Waals surface area (Å²) in [6, 6.07) is 7.95. The second kappa shape index (κ2) is 8.10.